The summed E-state index contributed by atoms with van der Waals surface area (Å²) in [7, 11) is 0. The van der Waals surface area contributed by atoms with E-state index in [0.717, 1.165) is 25.7 Å². The van der Waals surface area contributed by atoms with Crippen molar-refractivity contribution < 1.29 is 9.59 Å². The van der Waals surface area contributed by atoms with E-state index in [9.17, 15) is 9.59 Å². The number of amides is 3. The summed E-state index contributed by atoms with van der Waals surface area (Å²) in [6.07, 6.45) is 4.28. The van der Waals surface area contributed by atoms with Crippen molar-refractivity contribution >= 4 is 11.9 Å². The van der Waals surface area contributed by atoms with Gasteiger partial charge in [-0.3, -0.25) is 10.1 Å². The van der Waals surface area contributed by atoms with Crippen molar-refractivity contribution in [3.8, 4) is 11.8 Å². The SMILES string of the molecule is CC#CCCN1C(=O)NC(=O)C12CCCC2. The van der Waals surface area contributed by atoms with Crippen LogP contribution in [0.3, 0.4) is 0 Å². The first-order valence-corrected chi connectivity index (χ1v) is 5.73. The predicted molar refractivity (Wildman–Crippen MR) is 59.5 cm³/mol. The molecule has 2 rings (SSSR count). The molecule has 1 aliphatic carbocycles. The van der Waals surface area contributed by atoms with E-state index in [0.29, 0.717) is 13.0 Å². The Hall–Kier alpha value is -1.50. The number of urea groups is 1. The summed E-state index contributed by atoms with van der Waals surface area (Å²) < 4.78 is 0. The van der Waals surface area contributed by atoms with Crippen LogP contribution in [0.15, 0.2) is 0 Å². The first-order chi connectivity index (χ1) is 7.70. The third-order valence-corrected chi connectivity index (χ3v) is 3.47. The molecule has 16 heavy (non-hydrogen) atoms. The van der Waals surface area contributed by atoms with Crippen molar-refractivity contribution in [1.82, 2.24) is 10.2 Å². The molecular weight excluding hydrogens is 204 g/mol. The van der Waals surface area contributed by atoms with E-state index >= 15 is 0 Å². The number of carbonyl (C=O) groups is 2. The summed E-state index contributed by atoms with van der Waals surface area (Å²) >= 11 is 0. The minimum absolute atomic E-state index is 0.112. The van der Waals surface area contributed by atoms with Gasteiger partial charge in [0, 0.05) is 13.0 Å². The number of hydrogen-bond acceptors (Lipinski definition) is 2. The number of imide groups is 1. The lowest BCUT2D eigenvalue weighted by atomic mass is 9.96. The minimum Gasteiger partial charge on any atom is -0.309 e. The quantitative estimate of drug-likeness (QED) is 0.562. The molecule has 0 atom stereocenters. The van der Waals surface area contributed by atoms with Crippen LogP contribution in [0.4, 0.5) is 4.79 Å². The van der Waals surface area contributed by atoms with Crippen LogP contribution in [0, 0.1) is 11.8 Å². The Morgan fingerprint density at radius 2 is 2.06 bits per heavy atom. The van der Waals surface area contributed by atoms with Gasteiger partial charge in [-0.1, -0.05) is 12.8 Å². The zero-order chi connectivity index (χ0) is 11.6. The monoisotopic (exact) mass is 220 g/mol. The molecule has 1 N–H and O–H groups in total. The van der Waals surface area contributed by atoms with Gasteiger partial charge >= 0.3 is 6.03 Å². The lowest BCUT2D eigenvalue weighted by molar-refractivity contribution is -0.126. The number of rotatable bonds is 2. The molecule has 86 valence electrons. The van der Waals surface area contributed by atoms with E-state index < -0.39 is 5.54 Å². The standard InChI is InChI=1S/C12H16N2O2/c1-2-3-6-9-14-11(16)13-10(15)12(14)7-4-5-8-12/h4-9H2,1H3,(H,13,15,16). The van der Waals surface area contributed by atoms with E-state index in [1.54, 1.807) is 11.8 Å². The minimum atomic E-state index is -0.549. The van der Waals surface area contributed by atoms with Crippen molar-refractivity contribution in [2.75, 3.05) is 6.54 Å². The molecule has 2 fully saturated rings. The van der Waals surface area contributed by atoms with E-state index in [1.165, 1.54) is 0 Å². The van der Waals surface area contributed by atoms with Gasteiger partial charge in [0.1, 0.15) is 5.54 Å². The third kappa shape index (κ3) is 1.57. The molecule has 0 aromatic rings. The number of nitrogens with zero attached hydrogens (tertiary/aromatic N) is 1. The van der Waals surface area contributed by atoms with Gasteiger partial charge in [-0.2, -0.15) is 0 Å². The van der Waals surface area contributed by atoms with Gasteiger partial charge in [0.25, 0.3) is 5.91 Å². The van der Waals surface area contributed by atoms with E-state index in [4.69, 9.17) is 0 Å². The lowest BCUT2D eigenvalue weighted by Crippen LogP contribution is -2.47. The molecule has 4 heteroatoms. The number of carbonyl (C=O) groups excluding carboxylic acids is 2. The van der Waals surface area contributed by atoms with E-state index in [2.05, 4.69) is 17.2 Å². The fourth-order valence-corrected chi connectivity index (χ4v) is 2.66. The maximum absolute atomic E-state index is 11.8. The molecular formula is C12H16N2O2. The topological polar surface area (TPSA) is 49.4 Å². The molecule has 3 amide bonds. The van der Waals surface area contributed by atoms with Gasteiger partial charge in [-0.15, -0.1) is 11.8 Å². The van der Waals surface area contributed by atoms with Crippen molar-refractivity contribution in [3.05, 3.63) is 0 Å². The molecule has 2 aliphatic rings. The second-order valence-electron chi connectivity index (χ2n) is 4.33. The Kier molecular flexibility index (Phi) is 2.86. The second kappa shape index (κ2) is 4.17. The molecule has 0 radical (unpaired) electrons. The first-order valence-electron chi connectivity index (χ1n) is 5.73. The average Bonchev–Trinajstić information content (AvgIpc) is 2.81. The molecule has 1 saturated carbocycles. The molecule has 0 bridgehead atoms. The first kappa shape index (κ1) is 11.0. The highest BCUT2D eigenvalue weighted by molar-refractivity contribution is 6.07. The molecule has 0 aromatic heterocycles. The highest BCUT2D eigenvalue weighted by Gasteiger charge is 2.53. The second-order valence-corrected chi connectivity index (χ2v) is 4.33. The highest BCUT2D eigenvalue weighted by atomic mass is 16.2. The van der Waals surface area contributed by atoms with Crippen LogP contribution in [0.1, 0.15) is 39.0 Å². The van der Waals surface area contributed by atoms with Crippen LogP contribution in [0.2, 0.25) is 0 Å². The Morgan fingerprint density at radius 3 is 2.69 bits per heavy atom. The van der Waals surface area contributed by atoms with Gasteiger partial charge < -0.3 is 4.90 Å². The Labute approximate surface area is 95.4 Å². The maximum Gasteiger partial charge on any atom is 0.325 e. The zero-order valence-corrected chi connectivity index (χ0v) is 9.51. The fourth-order valence-electron chi connectivity index (χ4n) is 2.66. The molecule has 1 spiro atoms. The van der Waals surface area contributed by atoms with E-state index in [1.807, 2.05) is 0 Å². The van der Waals surface area contributed by atoms with Gasteiger partial charge in [-0.05, 0) is 19.8 Å². The van der Waals surface area contributed by atoms with Crippen molar-refractivity contribution in [1.29, 1.82) is 0 Å². The van der Waals surface area contributed by atoms with Gasteiger partial charge in [0.05, 0.1) is 0 Å². The molecule has 0 aromatic carbocycles. The molecule has 1 heterocycles. The molecule has 4 nitrogen and oxygen atoms in total. The number of nitrogens with one attached hydrogen (secondary N) is 1. The van der Waals surface area contributed by atoms with E-state index in [-0.39, 0.29) is 11.9 Å². The predicted octanol–water partition coefficient (Wildman–Crippen LogP) is 1.26. The van der Waals surface area contributed by atoms with Crippen molar-refractivity contribution in [2.24, 2.45) is 0 Å². The summed E-state index contributed by atoms with van der Waals surface area (Å²) in [6.45, 7) is 2.33. The van der Waals surface area contributed by atoms with Crippen LogP contribution in [0.25, 0.3) is 0 Å². The zero-order valence-electron chi connectivity index (χ0n) is 9.51. The summed E-state index contributed by atoms with van der Waals surface area (Å²) in [4.78, 5) is 25.2. The lowest BCUT2D eigenvalue weighted by Gasteiger charge is -2.30. The van der Waals surface area contributed by atoms with Gasteiger partial charge in [-0.25, -0.2) is 4.79 Å². The Balaban J connectivity index is 2.15. The van der Waals surface area contributed by atoms with Crippen LogP contribution < -0.4 is 5.32 Å². The fraction of sp³-hybridized carbons (Fsp3) is 0.667. The smallest absolute Gasteiger partial charge is 0.309 e. The summed E-state index contributed by atoms with van der Waals surface area (Å²) in [5.74, 6) is 5.63. The van der Waals surface area contributed by atoms with Crippen molar-refractivity contribution in [2.45, 2.75) is 44.6 Å². The highest BCUT2D eigenvalue weighted by Crippen LogP contribution is 2.38. The van der Waals surface area contributed by atoms with Gasteiger partial charge in [0.15, 0.2) is 0 Å². The Morgan fingerprint density at radius 1 is 1.38 bits per heavy atom. The summed E-state index contributed by atoms with van der Waals surface area (Å²) in [6, 6.07) is -0.246. The maximum atomic E-state index is 11.8. The average molecular weight is 220 g/mol. The van der Waals surface area contributed by atoms with Crippen LogP contribution in [0.5, 0.6) is 0 Å². The number of hydrogen-bond donors (Lipinski definition) is 1. The Bertz CT molecular complexity index is 372. The largest absolute Gasteiger partial charge is 0.325 e. The third-order valence-electron chi connectivity index (χ3n) is 3.47. The molecule has 1 aliphatic heterocycles. The summed E-state index contributed by atoms with van der Waals surface area (Å²) in [5, 5.41) is 2.43. The van der Waals surface area contributed by atoms with Crippen molar-refractivity contribution in [3.63, 3.8) is 0 Å². The summed E-state index contributed by atoms with van der Waals surface area (Å²) in [5.41, 5.74) is -0.549. The van der Waals surface area contributed by atoms with Crippen LogP contribution in [-0.4, -0.2) is 28.9 Å². The molecule has 1 saturated heterocycles. The van der Waals surface area contributed by atoms with Gasteiger partial charge in [0.2, 0.25) is 0 Å². The van der Waals surface area contributed by atoms with Crippen LogP contribution >= 0.6 is 0 Å². The molecule has 0 unspecified atom stereocenters. The van der Waals surface area contributed by atoms with Crippen LogP contribution in [-0.2, 0) is 4.79 Å². The normalized spacial score (nSPS) is 22.2.